The molecule has 5 aromatic rings. The first-order valence-corrected chi connectivity index (χ1v) is 11.2. The van der Waals surface area contributed by atoms with Crippen molar-refractivity contribution < 1.29 is 9.21 Å². The molecule has 0 saturated heterocycles. The number of imidazole rings is 1. The summed E-state index contributed by atoms with van der Waals surface area (Å²) >= 11 is 0. The molecule has 9 heteroatoms. The van der Waals surface area contributed by atoms with Crippen LogP contribution in [0.4, 0.5) is 0 Å². The number of amides is 1. The van der Waals surface area contributed by atoms with E-state index in [1.807, 2.05) is 60.0 Å². The summed E-state index contributed by atoms with van der Waals surface area (Å²) in [5, 5.41) is 11.1. The number of aromatic nitrogens is 6. The van der Waals surface area contributed by atoms with E-state index >= 15 is 0 Å². The van der Waals surface area contributed by atoms with Gasteiger partial charge in [-0.3, -0.25) is 9.36 Å². The van der Waals surface area contributed by atoms with E-state index in [4.69, 9.17) is 4.42 Å². The van der Waals surface area contributed by atoms with Crippen molar-refractivity contribution in [1.82, 2.24) is 35.0 Å². The van der Waals surface area contributed by atoms with Crippen LogP contribution in [0.25, 0.3) is 39.6 Å². The summed E-state index contributed by atoms with van der Waals surface area (Å²) in [5.41, 5.74) is 5.23. The molecule has 0 aliphatic heterocycles. The SMILES string of the molecule is CCc1nnc(-c2ccc(-c3ncnc4c3ncn4-c3cccc(C(=O)NC4CC4)c3)cc2)o1. The second-order valence-corrected chi connectivity index (χ2v) is 8.24. The fraction of sp³-hybridized carbons (Fsp3) is 0.200. The Hall–Kier alpha value is -4.40. The Kier molecular flexibility index (Phi) is 4.87. The molecule has 1 N–H and O–H groups in total. The van der Waals surface area contributed by atoms with E-state index in [1.54, 1.807) is 6.33 Å². The number of rotatable bonds is 6. The monoisotopic (exact) mass is 451 g/mol. The summed E-state index contributed by atoms with van der Waals surface area (Å²) in [5.74, 6) is 1.04. The molecule has 1 aliphatic rings. The Bertz CT molecular complexity index is 1500. The lowest BCUT2D eigenvalue weighted by atomic mass is 10.1. The average molecular weight is 451 g/mol. The summed E-state index contributed by atoms with van der Waals surface area (Å²) in [6.07, 6.45) is 6.03. The molecule has 1 aliphatic carbocycles. The fourth-order valence-electron chi connectivity index (χ4n) is 3.81. The van der Waals surface area contributed by atoms with Gasteiger partial charge in [-0.05, 0) is 43.2 Å². The predicted molar refractivity (Wildman–Crippen MR) is 125 cm³/mol. The van der Waals surface area contributed by atoms with Gasteiger partial charge in [-0.1, -0.05) is 25.1 Å². The van der Waals surface area contributed by atoms with Crippen LogP contribution in [0.1, 0.15) is 36.0 Å². The lowest BCUT2D eigenvalue weighted by Gasteiger charge is -2.08. The van der Waals surface area contributed by atoms with Crippen molar-refractivity contribution in [2.45, 2.75) is 32.2 Å². The Morgan fingerprint density at radius 2 is 1.88 bits per heavy atom. The number of nitrogens with one attached hydrogen (secondary N) is 1. The molecule has 0 atom stereocenters. The van der Waals surface area contributed by atoms with Crippen LogP contribution in [0.5, 0.6) is 0 Å². The first-order valence-electron chi connectivity index (χ1n) is 11.2. The van der Waals surface area contributed by atoms with Gasteiger partial charge in [-0.2, -0.15) is 0 Å². The topological polar surface area (TPSA) is 112 Å². The van der Waals surface area contributed by atoms with Crippen molar-refractivity contribution in [2.75, 3.05) is 0 Å². The number of hydrogen-bond donors (Lipinski definition) is 1. The lowest BCUT2D eigenvalue weighted by Crippen LogP contribution is -2.25. The number of carbonyl (C=O) groups is 1. The molecule has 0 unspecified atom stereocenters. The number of fused-ring (bicyclic) bond motifs is 1. The van der Waals surface area contributed by atoms with Gasteiger partial charge in [-0.15, -0.1) is 10.2 Å². The molecule has 1 fully saturated rings. The molecule has 1 saturated carbocycles. The van der Waals surface area contributed by atoms with Crippen LogP contribution in [0.15, 0.2) is 65.6 Å². The third-order valence-corrected chi connectivity index (χ3v) is 5.81. The number of nitrogens with zero attached hydrogens (tertiary/aromatic N) is 6. The van der Waals surface area contributed by atoms with Gasteiger partial charge in [0.05, 0.1) is 0 Å². The molecule has 0 radical (unpaired) electrons. The second kappa shape index (κ2) is 8.18. The van der Waals surface area contributed by atoms with Crippen LogP contribution in [0.3, 0.4) is 0 Å². The zero-order valence-electron chi connectivity index (χ0n) is 18.5. The molecular weight excluding hydrogens is 430 g/mol. The molecule has 3 heterocycles. The van der Waals surface area contributed by atoms with Gasteiger partial charge >= 0.3 is 0 Å². The third-order valence-electron chi connectivity index (χ3n) is 5.81. The summed E-state index contributed by atoms with van der Waals surface area (Å²) in [7, 11) is 0. The normalized spacial score (nSPS) is 13.3. The van der Waals surface area contributed by atoms with Gasteiger partial charge in [0, 0.05) is 34.8 Å². The predicted octanol–water partition coefficient (Wildman–Crippen LogP) is 3.99. The number of hydrogen-bond acceptors (Lipinski definition) is 7. The molecule has 34 heavy (non-hydrogen) atoms. The largest absolute Gasteiger partial charge is 0.421 e. The van der Waals surface area contributed by atoms with E-state index in [0.29, 0.717) is 41.0 Å². The van der Waals surface area contributed by atoms with E-state index in [0.717, 1.165) is 35.3 Å². The van der Waals surface area contributed by atoms with Crippen LogP contribution < -0.4 is 5.32 Å². The van der Waals surface area contributed by atoms with Crippen molar-refractivity contribution in [3.8, 4) is 28.4 Å². The highest BCUT2D eigenvalue weighted by molar-refractivity contribution is 5.95. The highest BCUT2D eigenvalue weighted by Gasteiger charge is 2.24. The van der Waals surface area contributed by atoms with Crippen LogP contribution in [-0.4, -0.2) is 41.7 Å². The van der Waals surface area contributed by atoms with Crippen LogP contribution in [-0.2, 0) is 6.42 Å². The molecular formula is C25H21N7O2. The maximum absolute atomic E-state index is 12.5. The zero-order chi connectivity index (χ0) is 23.1. The van der Waals surface area contributed by atoms with Crippen LogP contribution in [0.2, 0.25) is 0 Å². The van der Waals surface area contributed by atoms with Gasteiger partial charge in [0.2, 0.25) is 11.8 Å². The molecule has 168 valence electrons. The quantitative estimate of drug-likeness (QED) is 0.415. The van der Waals surface area contributed by atoms with Gasteiger partial charge < -0.3 is 9.73 Å². The lowest BCUT2D eigenvalue weighted by molar-refractivity contribution is 0.0951. The fourth-order valence-corrected chi connectivity index (χ4v) is 3.81. The van der Waals surface area contributed by atoms with Crippen molar-refractivity contribution in [3.05, 3.63) is 72.6 Å². The average Bonchev–Trinajstić information content (AvgIpc) is 3.39. The van der Waals surface area contributed by atoms with Crippen molar-refractivity contribution in [3.63, 3.8) is 0 Å². The number of aryl methyl sites for hydroxylation is 1. The standard InChI is InChI=1S/C25H21N7O2/c1-2-20-30-31-25(34-20)16-8-6-15(7-9-16)21-22-23(27-13-26-21)32(14-28-22)19-5-3-4-17(12-19)24(33)29-18-10-11-18/h3-9,12-14,18H,2,10-11H2,1H3,(H,29,33). The van der Waals surface area contributed by atoms with Crippen LogP contribution >= 0.6 is 0 Å². The van der Waals surface area contributed by atoms with Gasteiger partial charge in [0.25, 0.3) is 5.91 Å². The Balaban J connectivity index is 1.33. The van der Waals surface area contributed by atoms with E-state index < -0.39 is 0 Å². The zero-order valence-corrected chi connectivity index (χ0v) is 18.5. The Morgan fingerprint density at radius 3 is 2.65 bits per heavy atom. The highest BCUT2D eigenvalue weighted by Crippen LogP contribution is 2.28. The molecule has 2 aromatic carbocycles. The van der Waals surface area contributed by atoms with Crippen molar-refractivity contribution in [1.29, 1.82) is 0 Å². The maximum Gasteiger partial charge on any atom is 0.251 e. The third kappa shape index (κ3) is 3.71. The molecule has 9 nitrogen and oxygen atoms in total. The van der Waals surface area contributed by atoms with E-state index in [1.165, 1.54) is 6.33 Å². The van der Waals surface area contributed by atoms with E-state index in [-0.39, 0.29) is 5.91 Å². The summed E-state index contributed by atoms with van der Waals surface area (Å²) < 4.78 is 7.51. The van der Waals surface area contributed by atoms with Crippen molar-refractivity contribution in [2.24, 2.45) is 0 Å². The summed E-state index contributed by atoms with van der Waals surface area (Å²) in [4.78, 5) is 26.0. The summed E-state index contributed by atoms with van der Waals surface area (Å²) in [6, 6.07) is 15.5. The summed E-state index contributed by atoms with van der Waals surface area (Å²) in [6.45, 7) is 1.97. The molecule has 0 spiro atoms. The van der Waals surface area contributed by atoms with E-state index in [2.05, 4.69) is 30.5 Å². The first kappa shape index (κ1) is 20.2. The molecule has 1 amide bonds. The van der Waals surface area contributed by atoms with Gasteiger partial charge in [-0.25, -0.2) is 15.0 Å². The first-order chi connectivity index (χ1) is 16.7. The smallest absolute Gasteiger partial charge is 0.251 e. The second-order valence-electron chi connectivity index (χ2n) is 8.24. The number of carbonyl (C=O) groups excluding carboxylic acids is 1. The molecule has 0 bridgehead atoms. The van der Waals surface area contributed by atoms with Gasteiger partial charge in [0.1, 0.15) is 23.9 Å². The Labute approximate surface area is 194 Å². The molecule has 6 rings (SSSR count). The minimum absolute atomic E-state index is 0.0588. The molecule has 3 aromatic heterocycles. The van der Waals surface area contributed by atoms with Crippen molar-refractivity contribution >= 4 is 17.1 Å². The number of benzene rings is 2. The Morgan fingerprint density at radius 1 is 1.06 bits per heavy atom. The minimum Gasteiger partial charge on any atom is -0.421 e. The highest BCUT2D eigenvalue weighted by atomic mass is 16.4. The maximum atomic E-state index is 12.5. The van der Waals surface area contributed by atoms with E-state index in [9.17, 15) is 4.79 Å². The van der Waals surface area contributed by atoms with Gasteiger partial charge in [0.15, 0.2) is 5.65 Å². The van der Waals surface area contributed by atoms with Crippen LogP contribution in [0, 0.1) is 0 Å². The minimum atomic E-state index is -0.0588.